The number of hydrogen-bond donors (Lipinski definition) is 1. The first kappa shape index (κ1) is 20.0. The number of benzene rings is 1. The number of rotatable bonds is 6. The molecule has 0 atom stereocenters. The first-order valence-corrected chi connectivity index (χ1v) is 9.18. The predicted molar refractivity (Wildman–Crippen MR) is 104 cm³/mol. The Kier molecular flexibility index (Phi) is 6.11. The molecule has 28 heavy (non-hydrogen) atoms. The Hall–Kier alpha value is -2.71. The summed E-state index contributed by atoms with van der Waals surface area (Å²) in [6.45, 7) is 3.55. The Morgan fingerprint density at radius 3 is 2.71 bits per heavy atom. The van der Waals surface area contributed by atoms with Crippen molar-refractivity contribution in [1.82, 2.24) is 24.9 Å². The van der Waals surface area contributed by atoms with Crippen molar-refractivity contribution in [2.24, 2.45) is 0 Å². The van der Waals surface area contributed by atoms with Gasteiger partial charge in [-0.05, 0) is 44.0 Å². The molecule has 0 bridgehead atoms. The van der Waals surface area contributed by atoms with Crippen molar-refractivity contribution in [3.63, 3.8) is 0 Å². The topological polar surface area (TPSA) is 98.5 Å². The first-order chi connectivity index (χ1) is 13.3. The van der Waals surface area contributed by atoms with E-state index in [0.29, 0.717) is 28.8 Å². The van der Waals surface area contributed by atoms with Crippen LogP contribution in [-0.4, -0.2) is 44.6 Å². The molecule has 2 aromatic heterocycles. The van der Waals surface area contributed by atoms with Crippen molar-refractivity contribution in [1.29, 1.82) is 0 Å². The van der Waals surface area contributed by atoms with E-state index in [-0.39, 0.29) is 5.82 Å². The molecule has 3 rings (SSSR count). The van der Waals surface area contributed by atoms with Crippen LogP contribution >= 0.6 is 23.2 Å². The second kappa shape index (κ2) is 8.53. The normalized spacial score (nSPS) is 10.9. The fraction of sp³-hybridized carbons (Fsp3) is 0.278. The molecule has 8 nitrogen and oxygen atoms in total. The van der Waals surface area contributed by atoms with Gasteiger partial charge in [0.05, 0.1) is 0 Å². The molecule has 0 unspecified atom stereocenters. The summed E-state index contributed by atoms with van der Waals surface area (Å²) in [6, 6.07) is 6.98. The SMILES string of the molecule is Cc1cc(C)n2nc(C(=O)OCC(=O)NCCc3ccc(Cl)cc3Cl)nc2n1. The number of carbonyl (C=O) groups excluding carboxylic acids is 2. The van der Waals surface area contributed by atoms with E-state index < -0.39 is 18.5 Å². The van der Waals surface area contributed by atoms with Crippen molar-refractivity contribution in [2.45, 2.75) is 20.3 Å². The van der Waals surface area contributed by atoms with Crippen LogP contribution in [0.15, 0.2) is 24.3 Å². The lowest BCUT2D eigenvalue weighted by Crippen LogP contribution is -2.30. The van der Waals surface area contributed by atoms with Gasteiger partial charge in [-0.25, -0.2) is 14.3 Å². The summed E-state index contributed by atoms with van der Waals surface area (Å²) in [5.41, 5.74) is 2.40. The highest BCUT2D eigenvalue weighted by Gasteiger charge is 2.17. The van der Waals surface area contributed by atoms with Gasteiger partial charge in [-0.3, -0.25) is 4.79 Å². The first-order valence-electron chi connectivity index (χ1n) is 8.42. The van der Waals surface area contributed by atoms with E-state index in [2.05, 4.69) is 20.4 Å². The van der Waals surface area contributed by atoms with Gasteiger partial charge in [0.25, 0.3) is 17.5 Å². The van der Waals surface area contributed by atoms with Gasteiger partial charge in [0.1, 0.15) is 0 Å². The van der Waals surface area contributed by atoms with Crippen LogP contribution < -0.4 is 5.32 Å². The number of amides is 1. The van der Waals surface area contributed by atoms with Gasteiger partial charge in [-0.1, -0.05) is 29.3 Å². The van der Waals surface area contributed by atoms with Crippen LogP contribution in [0.4, 0.5) is 0 Å². The van der Waals surface area contributed by atoms with Crippen molar-refractivity contribution in [2.75, 3.05) is 13.2 Å². The van der Waals surface area contributed by atoms with Crippen molar-refractivity contribution < 1.29 is 14.3 Å². The minimum absolute atomic E-state index is 0.151. The molecule has 0 spiro atoms. The lowest BCUT2D eigenvalue weighted by Gasteiger charge is -2.07. The number of nitrogens with one attached hydrogen (secondary N) is 1. The Bertz CT molecular complexity index is 1050. The van der Waals surface area contributed by atoms with Gasteiger partial charge < -0.3 is 10.1 Å². The van der Waals surface area contributed by atoms with Crippen LogP contribution in [-0.2, 0) is 16.0 Å². The summed E-state index contributed by atoms with van der Waals surface area (Å²) < 4.78 is 6.42. The quantitative estimate of drug-likeness (QED) is 0.614. The molecule has 0 saturated carbocycles. The molecule has 0 aliphatic rings. The summed E-state index contributed by atoms with van der Waals surface area (Å²) in [5.74, 6) is -1.08. The number of carbonyl (C=O) groups is 2. The fourth-order valence-electron chi connectivity index (χ4n) is 2.56. The number of nitrogens with zero attached hydrogens (tertiary/aromatic N) is 4. The van der Waals surface area contributed by atoms with E-state index in [1.807, 2.05) is 19.9 Å². The maximum atomic E-state index is 12.1. The number of ether oxygens (including phenoxy) is 1. The molecule has 0 saturated heterocycles. The third kappa shape index (κ3) is 4.76. The molecule has 1 aromatic carbocycles. The second-order valence-corrected chi connectivity index (χ2v) is 6.94. The Labute approximate surface area is 170 Å². The van der Waals surface area contributed by atoms with Gasteiger partial charge in [-0.15, -0.1) is 5.10 Å². The molecule has 10 heteroatoms. The van der Waals surface area contributed by atoms with Crippen LogP contribution in [0.3, 0.4) is 0 Å². The van der Waals surface area contributed by atoms with Gasteiger partial charge in [-0.2, -0.15) is 4.98 Å². The van der Waals surface area contributed by atoms with Gasteiger partial charge in [0, 0.05) is 28.0 Å². The van der Waals surface area contributed by atoms with Crippen molar-refractivity contribution in [3.05, 3.63) is 57.1 Å². The molecule has 0 fully saturated rings. The van der Waals surface area contributed by atoms with Gasteiger partial charge >= 0.3 is 5.97 Å². The van der Waals surface area contributed by atoms with E-state index in [1.54, 1.807) is 18.2 Å². The number of halogens is 2. The number of esters is 1. The molecule has 1 N–H and O–H groups in total. The minimum atomic E-state index is -0.793. The van der Waals surface area contributed by atoms with Crippen LogP contribution in [0.5, 0.6) is 0 Å². The van der Waals surface area contributed by atoms with Gasteiger partial charge in [0.2, 0.25) is 0 Å². The van der Waals surface area contributed by atoms with E-state index >= 15 is 0 Å². The van der Waals surface area contributed by atoms with E-state index in [0.717, 1.165) is 17.0 Å². The highest BCUT2D eigenvalue weighted by atomic mass is 35.5. The molecule has 2 heterocycles. The standard InChI is InChI=1S/C18H17Cl2N5O3/c1-10-7-11(2)25-18(22-10)23-16(24-25)17(27)28-9-15(26)21-6-5-12-3-4-13(19)8-14(12)20/h3-4,7-8H,5-6,9H2,1-2H3,(H,21,26). The van der Waals surface area contributed by atoms with Crippen LogP contribution in [0, 0.1) is 13.8 Å². The van der Waals surface area contributed by atoms with Gasteiger partial charge in [0.15, 0.2) is 6.61 Å². The van der Waals surface area contributed by atoms with Crippen molar-refractivity contribution in [3.8, 4) is 0 Å². The minimum Gasteiger partial charge on any atom is -0.450 e. The zero-order chi connectivity index (χ0) is 20.3. The molecule has 1 amide bonds. The van der Waals surface area contributed by atoms with E-state index in [4.69, 9.17) is 27.9 Å². The zero-order valence-electron chi connectivity index (χ0n) is 15.2. The Morgan fingerprint density at radius 1 is 1.18 bits per heavy atom. The maximum Gasteiger partial charge on any atom is 0.378 e. The average Bonchev–Trinajstić information content (AvgIpc) is 3.06. The lowest BCUT2D eigenvalue weighted by atomic mass is 10.1. The number of aryl methyl sites for hydroxylation is 2. The third-order valence-electron chi connectivity index (χ3n) is 3.87. The summed E-state index contributed by atoms with van der Waals surface area (Å²) in [4.78, 5) is 32.2. The average molecular weight is 422 g/mol. The number of fused-ring (bicyclic) bond motifs is 1. The van der Waals surface area contributed by atoms with Crippen LogP contribution in [0.25, 0.3) is 5.78 Å². The van der Waals surface area contributed by atoms with E-state index in [9.17, 15) is 9.59 Å². The van der Waals surface area contributed by atoms with Crippen LogP contribution in [0.2, 0.25) is 10.0 Å². The Balaban J connectivity index is 1.50. The molecule has 3 aromatic rings. The smallest absolute Gasteiger partial charge is 0.378 e. The highest BCUT2D eigenvalue weighted by Crippen LogP contribution is 2.21. The summed E-state index contributed by atoms with van der Waals surface area (Å²) in [7, 11) is 0. The molecule has 0 aliphatic carbocycles. The fourth-order valence-corrected chi connectivity index (χ4v) is 3.06. The maximum absolute atomic E-state index is 12.1. The zero-order valence-corrected chi connectivity index (χ0v) is 16.7. The third-order valence-corrected chi connectivity index (χ3v) is 4.45. The highest BCUT2D eigenvalue weighted by molar-refractivity contribution is 6.35. The monoisotopic (exact) mass is 421 g/mol. The molecular weight excluding hydrogens is 405 g/mol. The summed E-state index contributed by atoms with van der Waals surface area (Å²) >= 11 is 11.9. The number of hydrogen-bond acceptors (Lipinski definition) is 6. The summed E-state index contributed by atoms with van der Waals surface area (Å²) in [6.07, 6.45) is 0.522. The van der Waals surface area contributed by atoms with Crippen LogP contribution in [0.1, 0.15) is 27.6 Å². The lowest BCUT2D eigenvalue weighted by molar-refractivity contribution is -0.124. The molecule has 146 valence electrons. The molecule has 0 radical (unpaired) electrons. The molecular formula is C18H17Cl2N5O3. The molecule has 0 aliphatic heterocycles. The Morgan fingerprint density at radius 2 is 1.96 bits per heavy atom. The summed E-state index contributed by atoms with van der Waals surface area (Å²) in [5, 5.41) is 7.80. The second-order valence-electron chi connectivity index (χ2n) is 6.10. The largest absolute Gasteiger partial charge is 0.450 e. The number of aromatic nitrogens is 4. The van der Waals surface area contributed by atoms with Crippen molar-refractivity contribution >= 4 is 40.9 Å². The van der Waals surface area contributed by atoms with E-state index in [1.165, 1.54) is 4.52 Å². The predicted octanol–water partition coefficient (Wildman–Crippen LogP) is 2.56.